The molecule has 0 spiro atoms. The van der Waals surface area contributed by atoms with E-state index in [0.29, 0.717) is 11.4 Å². The first-order chi connectivity index (χ1) is 10.1. The molecule has 4 nitrogen and oxygen atoms in total. The fourth-order valence-corrected chi connectivity index (χ4v) is 2.28. The minimum Gasteiger partial charge on any atom is -0.490 e. The minimum absolute atomic E-state index is 0.212. The molecule has 0 saturated heterocycles. The predicted molar refractivity (Wildman–Crippen MR) is 74.4 cm³/mol. The van der Waals surface area contributed by atoms with Gasteiger partial charge in [-0.05, 0) is 24.3 Å². The van der Waals surface area contributed by atoms with Gasteiger partial charge in [0.2, 0.25) is 0 Å². The summed E-state index contributed by atoms with van der Waals surface area (Å²) in [5.41, 5.74) is 4.99. The Labute approximate surface area is 119 Å². The lowest BCUT2D eigenvalue weighted by Gasteiger charge is -2.29. The maximum absolute atomic E-state index is 14.0. The van der Waals surface area contributed by atoms with Crippen LogP contribution in [0.2, 0.25) is 0 Å². The van der Waals surface area contributed by atoms with Crippen molar-refractivity contribution in [1.29, 1.82) is 0 Å². The summed E-state index contributed by atoms with van der Waals surface area (Å²) in [5.74, 6) is -2.24. The number of hydrogen-bond acceptors (Lipinski definition) is 3. The third-order valence-corrected chi connectivity index (χ3v) is 3.31. The lowest BCUT2D eigenvalue weighted by molar-refractivity contribution is 0.0968. The van der Waals surface area contributed by atoms with Crippen LogP contribution < -0.4 is 15.4 Å². The molecule has 0 fully saturated rings. The van der Waals surface area contributed by atoms with Gasteiger partial charge in [-0.2, -0.15) is 0 Å². The van der Waals surface area contributed by atoms with Gasteiger partial charge in [0.05, 0.1) is 17.9 Å². The van der Waals surface area contributed by atoms with Gasteiger partial charge in [-0.1, -0.05) is 12.1 Å². The maximum atomic E-state index is 14.0. The van der Waals surface area contributed by atoms with Crippen molar-refractivity contribution >= 4 is 17.3 Å². The molecule has 3 rings (SSSR count). The summed E-state index contributed by atoms with van der Waals surface area (Å²) in [7, 11) is 0. The molecule has 2 aromatic carbocycles. The standard InChI is InChI=1S/C15H12F2N2O2/c16-9-5-6-10(18)14(17)13(9)15(20)19-7-8-21-12-4-2-1-3-11(12)19/h1-6H,7-8,18H2. The topological polar surface area (TPSA) is 55.6 Å². The van der Waals surface area contributed by atoms with Crippen LogP contribution >= 0.6 is 0 Å². The number of amides is 1. The van der Waals surface area contributed by atoms with Gasteiger partial charge < -0.3 is 15.4 Å². The molecule has 1 amide bonds. The van der Waals surface area contributed by atoms with Crippen LogP contribution in [-0.4, -0.2) is 19.1 Å². The molecule has 2 N–H and O–H groups in total. The fraction of sp³-hybridized carbons (Fsp3) is 0.133. The Kier molecular flexibility index (Phi) is 3.21. The number of anilines is 2. The van der Waals surface area contributed by atoms with Crippen LogP contribution in [0.1, 0.15) is 10.4 Å². The molecule has 0 unspecified atom stereocenters. The summed E-state index contributed by atoms with van der Waals surface area (Å²) >= 11 is 0. The van der Waals surface area contributed by atoms with Gasteiger partial charge in [0.25, 0.3) is 5.91 Å². The Balaban J connectivity index is 2.07. The smallest absolute Gasteiger partial charge is 0.264 e. The number of nitrogens with zero attached hydrogens (tertiary/aromatic N) is 1. The normalized spacial score (nSPS) is 13.5. The highest BCUT2D eigenvalue weighted by Crippen LogP contribution is 2.33. The van der Waals surface area contributed by atoms with Gasteiger partial charge in [0.1, 0.15) is 23.7 Å². The Morgan fingerprint density at radius 3 is 2.76 bits per heavy atom. The van der Waals surface area contributed by atoms with Crippen LogP contribution in [0.3, 0.4) is 0 Å². The summed E-state index contributed by atoms with van der Waals surface area (Å²) in [6.45, 7) is 0.470. The largest absolute Gasteiger partial charge is 0.490 e. The van der Waals surface area contributed by atoms with Gasteiger partial charge in [-0.25, -0.2) is 8.78 Å². The van der Waals surface area contributed by atoms with Crippen molar-refractivity contribution in [3.63, 3.8) is 0 Å². The van der Waals surface area contributed by atoms with E-state index in [9.17, 15) is 13.6 Å². The summed E-state index contributed by atoms with van der Waals surface area (Å²) < 4.78 is 33.3. The van der Waals surface area contributed by atoms with Crippen molar-refractivity contribution < 1.29 is 18.3 Å². The molecule has 0 saturated carbocycles. The molecule has 0 aromatic heterocycles. The monoisotopic (exact) mass is 290 g/mol. The molecular formula is C15H12F2N2O2. The average molecular weight is 290 g/mol. The quantitative estimate of drug-likeness (QED) is 0.821. The summed E-state index contributed by atoms with van der Waals surface area (Å²) in [6.07, 6.45) is 0. The maximum Gasteiger partial charge on any atom is 0.264 e. The summed E-state index contributed by atoms with van der Waals surface area (Å²) in [4.78, 5) is 13.8. The molecule has 6 heteroatoms. The van der Waals surface area contributed by atoms with E-state index in [2.05, 4.69) is 0 Å². The number of para-hydroxylation sites is 2. The van der Waals surface area contributed by atoms with E-state index < -0.39 is 23.1 Å². The van der Waals surface area contributed by atoms with Crippen molar-refractivity contribution in [2.75, 3.05) is 23.8 Å². The first-order valence-corrected chi connectivity index (χ1v) is 6.37. The Hall–Kier alpha value is -2.63. The van der Waals surface area contributed by atoms with E-state index in [4.69, 9.17) is 10.5 Å². The number of benzene rings is 2. The van der Waals surface area contributed by atoms with Crippen LogP contribution in [0.15, 0.2) is 36.4 Å². The zero-order valence-corrected chi connectivity index (χ0v) is 11.0. The highest BCUT2D eigenvalue weighted by molar-refractivity contribution is 6.08. The van der Waals surface area contributed by atoms with Gasteiger partial charge in [-0.15, -0.1) is 0 Å². The van der Waals surface area contributed by atoms with Crippen molar-refractivity contribution in [2.24, 2.45) is 0 Å². The Morgan fingerprint density at radius 1 is 1.19 bits per heavy atom. The predicted octanol–water partition coefficient (Wildman–Crippen LogP) is 2.59. The van der Waals surface area contributed by atoms with Crippen LogP contribution in [0.25, 0.3) is 0 Å². The number of rotatable bonds is 1. The number of nitrogens with two attached hydrogens (primary N) is 1. The third kappa shape index (κ3) is 2.18. The highest BCUT2D eigenvalue weighted by Gasteiger charge is 2.29. The minimum atomic E-state index is -1.04. The van der Waals surface area contributed by atoms with Crippen molar-refractivity contribution in [2.45, 2.75) is 0 Å². The Morgan fingerprint density at radius 2 is 1.95 bits per heavy atom. The van der Waals surface area contributed by atoms with Gasteiger partial charge in [-0.3, -0.25) is 4.79 Å². The number of ether oxygens (including phenoxy) is 1. The van der Waals surface area contributed by atoms with E-state index in [1.54, 1.807) is 24.3 Å². The Bertz CT molecular complexity index is 719. The molecule has 1 heterocycles. The molecule has 1 aliphatic heterocycles. The average Bonchev–Trinajstić information content (AvgIpc) is 2.50. The number of nitrogen functional groups attached to an aromatic ring is 1. The van der Waals surface area contributed by atoms with Crippen molar-refractivity contribution in [3.05, 3.63) is 53.6 Å². The van der Waals surface area contributed by atoms with Gasteiger partial charge >= 0.3 is 0 Å². The first kappa shape index (κ1) is 13.4. The fourth-order valence-electron chi connectivity index (χ4n) is 2.28. The lowest BCUT2D eigenvalue weighted by Crippen LogP contribution is -2.38. The van der Waals surface area contributed by atoms with Crippen molar-refractivity contribution in [1.82, 2.24) is 0 Å². The summed E-state index contributed by atoms with van der Waals surface area (Å²) in [5, 5.41) is 0. The van der Waals surface area contributed by atoms with E-state index in [1.807, 2.05) is 0 Å². The number of carbonyl (C=O) groups excluding carboxylic acids is 1. The van der Waals surface area contributed by atoms with E-state index in [0.717, 1.165) is 12.1 Å². The molecule has 0 aliphatic carbocycles. The third-order valence-electron chi connectivity index (χ3n) is 3.31. The van der Waals surface area contributed by atoms with Gasteiger partial charge in [0.15, 0.2) is 5.82 Å². The molecular weight excluding hydrogens is 278 g/mol. The van der Waals surface area contributed by atoms with Crippen LogP contribution in [-0.2, 0) is 0 Å². The van der Waals surface area contributed by atoms with Crippen LogP contribution in [0.4, 0.5) is 20.2 Å². The molecule has 2 aromatic rings. The molecule has 0 radical (unpaired) electrons. The number of carbonyl (C=O) groups is 1. The highest BCUT2D eigenvalue weighted by atomic mass is 19.1. The first-order valence-electron chi connectivity index (χ1n) is 6.37. The second-order valence-corrected chi connectivity index (χ2v) is 4.60. The molecule has 0 bridgehead atoms. The zero-order chi connectivity index (χ0) is 15.0. The second-order valence-electron chi connectivity index (χ2n) is 4.60. The molecule has 1 aliphatic rings. The van der Waals surface area contributed by atoms with Gasteiger partial charge in [0, 0.05) is 0 Å². The van der Waals surface area contributed by atoms with E-state index in [-0.39, 0.29) is 18.8 Å². The van der Waals surface area contributed by atoms with Crippen LogP contribution in [0, 0.1) is 11.6 Å². The van der Waals surface area contributed by atoms with E-state index >= 15 is 0 Å². The zero-order valence-electron chi connectivity index (χ0n) is 11.0. The molecule has 21 heavy (non-hydrogen) atoms. The second kappa shape index (κ2) is 5.05. The van der Waals surface area contributed by atoms with Crippen LogP contribution in [0.5, 0.6) is 5.75 Å². The number of halogens is 2. The SMILES string of the molecule is Nc1ccc(F)c(C(=O)N2CCOc3ccccc32)c1F. The molecule has 0 atom stereocenters. The van der Waals surface area contributed by atoms with E-state index in [1.165, 1.54) is 4.90 Å². The summed E-state index contributed by atoms with van der Waals surface area (Å²) in [6, 6.07) is 8.91. The van der Waals surface area contributed by atoms with Crippen molar-refractivity contribution in [3.8, 4) is 5.75 Å². The molecule has 108 valence electrons. The lowest BCUT2D eigenvalue weighted by atomic mass is 10.1. The number of hydrogen-bond donors (Lipinski definition) is 1. The number of fused-ring (bicyclic) bond motifs is 1.